The van der Waals surface area contributed by atoms with E-state index in [1.54, 1.807) is 0 Å². The largest absolute Gasteiger partial charge is 0.495 e. The quantitative estimate of drug-likeness (QED) is 0.112. The second-order valence-corrected chi connectivity index (χ2v) is 23.8. The third-order valence-corrected chi connectivity index (χ3v) is 18.3. The number of hydrogen-bond donors (Lipinski definition) is 0. The van der Waals surface area contributed by atoms with E-state index in [0.717, 1.165) is 77.3 Å². The Morgan fingerprint density at radius 3 is 1.52 bits per heavy atom. The van der Waals surface area contributed by atoms with Crippen LogP contribution in [0.1, 0.15) is 54.0 Å². The molecule has 0 bridgehead atoms. The first-order valence-corrected chi connectivity index (χ1v) is 28.3. The molecule has 0 radical (unpaired) electrons. The highest BCUT2D eigenvalue weighted by Crippen LogP contribution is 2.51. The lowest BCUT2D eigenvalue weighted by Gasteiger charge is -2.38. The average Bonchev–Trinajstić information content (AvgIpc) is 2.21. The maximum Gasteiger partial charge on any atom is 0.495 e. The van der Waals surface area contributed by atoms with E-state index >= 15 is 0 Å². The van der Waals surface area contributed by atoms with Gasteiger partial charge in [-0.25, -0.2) is 0 Å². The molecule has 2 aliphatic heterocycles. The number of hydrogen-bond acceptors (Lipinski definition) is 4. The Hall–Kier alpha value is -8.49. The van der Waals surface area contributed by atoms with Crippen LogP contribution in [-0.2, 0) is 24.2 Å². The summed E-state index contributed by atoms with van der Waals surface area (Å²) >= 11 is 0. The highest BCUT2D eigenvalue weighted by Gasteiger charge is 2.58. The molecule has 81 heavy (non-hydrogen) atoms. The fourth-order valence-corrected chi connectivity index (χ4v) is 13.1. The lowest BCUT2D eigenvalue weighted by atomic mass is 9.73. The van der Waals surface area contributed by atoms with Crippen molar-refractivity contribution in [2.24, 2.45) is 0 Å². The van der Waals surface area contributed by atoms with Crippen LogP contribution in [0.15, 0.2) is 237 Å². The van der Waals surface area contributed by atoms with Crippen molar-refractivity contribution in [1.29, 1.82) is 0 Å². The molecule has 0 aliphatic carbocycles. The first kappa shape index (κ1) is 49.5. The maximum atomic E-state index is 7.71. The summed E-state index contributed by atoms with van der Waals surface area (Å²) in [6.07, 6.45) is 0. The summed E-state index contributed by atoms with van der Waals surface area (Å²) in [7, 11) is -1.38. The Morgan fingerprint density at radius 1 is 0.309 bits per heavy atom. The van der Waals surface area contributed by atoms with E-state index in [2.05, 4.69) is 294 Å². The molecule has 11 aromatic carbocycles. The van der Waals surface area contributed by atoms with Crippen LogP contribution in [-0.4, -0.2) is 40.2 Å². The van der Waals surface area contributed by atoms with E-state index in [4.69, 9.17) is 18.6 Å². The lowest BCUT2D eigenvalue weighted by Crippen LogP contribution is -2.44. The van der Waals surface area contributed by atoms with Crippen LogP contribution in [0.3, 0.4) is 0 Å². The molecule has 1 unspecified atom stereocenters. The molecule has 2 fully saturated rings. The van der Waals surface area contributed by atoms with Gasteiger partial charge in [-0.3, -0.25) is 0 Å². The number of para-hydroxylation sites is 1. The molecule has 15 rings (SSSR count). The van der Waals surface area contributed by atoms with Crippen molar-refractivity contribution < 1.29 is 18.6 Å². The first-order valence-electron chi connectivity index (χ1n) is 28.3. The smallest absolute Gasteiger partial charge is 0.399 e. The summed E-state index contributed by atoms with van der Waals surface area (Å²) < 4.78 is 33.9. The van der Waals surface area contributed by atoms with Gasteiger partial charge in [-0.15, -0.1) is 0 Å². The van der Waals surface area contributed by atoms with Gasteiger partial charge in [0.15, 0.2) is 0 Å². The van der Waals surface area contributed by atoms with Crippen LogP contribution < -0.4 is 10.9 Å². The topological polar surface area (TPSA) is 46.8 Å². The third-order valence-electron chi connectivity index (χ3n) is 18.3. The van der Waals surface area contributed by atoms with E-state index in [9.17, 15) is 0 Å². The summed E-state index contributed by atoms with van der Waals surface area (Å²) in [6.45, 7) is 15.0. The van der Waals surface area contributed by atoms with Crippen molar-refractivity contribution in [2.75, 3.05) is 0 Å². The average molecular weight is 1050 g/mol. The van der Waals surface area contributed by atoms with Gasteiger partial charge >= 0.3 is 14.2 Å². The molecule has 1 atom stereocenters. The van der Waals surface area contributed by atoms with E-state index in [1.165, 1.54) is 49.1 Å². The van der Waals surface area contributed by atoms with Gasteiger partial charge in [-0.1, -0.05) is 194 Å². The van der Waals surface area contributed by atoms with Gasteiger partial charge in [0, 0.05) is 38.3 Å². The second kappa shape index (κ2) is 18.3. The van der Waals surface area contributed by atoms with Crippen LogP contribution in [0.4, 0.5) is 0 Å². The van der Waals surface area contributed by atoms with Crippen molar-refractivity contribution in [2.45, 2.75) is 70.9 Å². The zero-order valence-electron chi connectivity index (χ0n) is 46.7. The van der Waals surface area contributed by atoms with E-state index in [-0.39, 0.29) is 0 Å². The van der Waals surface area contributed by atoms with Crippen LogP contribution >= 0.6 is 0 Å². The van der Waals surface area contributed by atoms with E-state index < -0.39 is 36.6 Å². The molecule has 6 nitrogen and oxygen atoms in total. The molecule has 2 aliphatic rings. The molecule has 8 heteroatoms. The van der Waals surface area contributed by atoms with Gasteiger partial charge in [0.2, 0.25) is 0 Å². The molecular formula is C73H60B2N2O4. The Bertz CT molecular complexity index is 4650. The minimum Gasteiger partial charge on any atom is -0.399 e. The van der Waals surface area contributed by atoms with Crippen molar-refractivity contribution in [3.63, 3.8) is 0 Å². The minimum atomic E-state index is -1.00. The molecule has 392 valence electrons. The molecule has 2 saturated heterocycles. The molecule has 2 aromatic heterocycles. The lowest BCUT2D eigenvalue weighted by molar-refractivity contribution is -0.0121. The molecule has 4 heterocycles. The van der Waals surface area contributed by atoms with Gasteiger partial charge in [-0.2, -0.15) is 0 Å². The highest BCUT2D eigenvalue weighted by molar-refractivity contribution is 6.63. The second-order valence-electron chi connectivity index (χ2n) is 23.8. The van der Waals surface area contributed by atoms with Crippen molar-refractivity contribution in [1.82, 2.24) is 9.13 Å². The Kier molecular flexibility index (Phi) is 11.2. The Labute approximate surface area is 473 Å². The molecule has 0 N–H and O–H groups in total. The van der Waals surface area contributed by atoms with Gasteiger partial charge in [0.1, 0.15) is 5.60 Å². The van der Waals surface area contributed by atoms with Gasteiger partial charge in [0.25, 0.3) is 0 Å². The molecular weight excluding hydrogens is 990 g/mol. The maximum absolute atomic E-state index is 7.71. The summed E-state index contributed by atoms with van der Waals surface area (Å²) in [6, 6.07) is 85.7. The first-order chi connectivity index (χ1) is 39.3. The van der Waals surface area contributed by atoms with Crippen molar-refractivity contribution in [3.05, 3.63) is 242 Å². The minimum absolute atomic E-state index is 0.568. The van der Waals surface area contributed by atoms with E-state index in [1.807, 2.05) is 0 Å². The van der Waals surface area contributed by atoms with Crippen LogP contribution in [0.5, 0.6) is 0 Å². The van der Waals surface area contributed by atoms with Gasteiger partial charge < -0.3 is 27.8 Å². The SMILES string of the molecule is CC1(C)OB(c2cc(C3(C)OB(c4ccc5c6c7ccccc7c7ccccc7c6n(-c6cccc(-c7ccccc7)c6)c5c4)OC3(C)C)c3c4ccccc4n(-c4ccc(-c5ccccc5)c(-c5ccccc5)c4)c3c2)OC1(C)C. The summed E-state index contributed by atoms with van der Waals surface area (Å²) in [4.78, 5) is 0. The van der Waals surface area contributed by atoms with Crippen LogP contribution in [0.2, 0.25) is 0 Å². The number of aromatic nitrogens is 2. The Morgan fingerprint density at radius 2 is 0.827 bits per heavy atom. The molecule has 0 spiro atoms. The highest BCUT2D eigenvalue weighted by atomic mass is 16.7. The van der Waals surface area contributed by atoms with E-state index in [0.29, 0.717) is 0 Å². The van der Waals surface area contributed by atoms with Crippen molar-refractivity contribution >= 4 is 90.3 Å². The summed E-state index contributed by atoms with van der Waals surface area (Å²) in [5.41, 5.74) is 13.3. The number of benzene rings is 11. The number of fused-ring (bicyclic) bond motifs is 11. The number of rotatable bonds is 8. The predicted molar refractivity (Wildman–Crippen MR) is 338 cm³/mol. The molecule has 13 aromatic rings. The van der Waals surface area contributed by atoms with Crippen LogP contribution in [0.25, 0.3) is 110 Å². The predicted octanol–water partition coefficient (Wildman–Crippen LogP) is 16.9. The Balaban J connectivity index is 0.943. The number of nitrogens with zero attached hydrogens (tertiary/aromatic N) is 2. The standard InChI is InChI=1S/C73H60B2N2O4/c1-70(2)71(3,4)79-75(78-70)52-43-63(68-60-36-21-22-37-64(60)76(66(68)45-52)54-39-41-55(48-26-13-9-14-27-48)62(46-54)49-28-15-10-16-29-49)73(7)72(5,6)80-74(81-73)51-38-40-61-65(44-51)77(53-31-23-30-50(42-53)47-24-11-8-12-25-47)69-59-35-20-18-33-57(59)56-32-17-19-34-58(56)67(61)69/h8-46H,1-7H3. The zero-order valence-corrected chi connectivity index (χ0v) is 46.7. The zero-order chi connectivity index (χ0) is 55.0. The fourth-order valence-electron chi connectivity index (χ4n) is 13.1. The monoisotopic (exact) mass is 1050 g/mol. The normalized spacial score (nSPS) is 17.7. The fraction of sp³-hybridized carbons (Fsp3) is 0.151. The summed E-state index contributed by atoms with van der Waals surface area (Å²) in [5, 5.41) is 9.46. The van der Waals surface area contributed by atoms with Gasteiger partial charge in [0.05, 0.1) is 38.9 Å². The van der Waals surface area contributed by atoms with Crippen molar-refractivity contribution in [3.8, 4) is 44.8 Å². The summed E-state index contributed by atoms with van der Waals surface area (Å²) in [5.74, 6) is 0. The molecule has 0 saturated carbocycles. The third kappa shape index (κ3) is 7.65. The van der Waals surface area contributed by atoms with Crippen LogP contribution in [0, 0.1) is 0 Å². The van der Waals surface area contributed by atoms with Gasteiger partial charge in [-0.05, 0) is 157 Å². The molecule has 0 amide bonds.